The largest absolute Gasteiger partial charge is 0.497 e. The fourth-order valence-corrected chi connectivity index (χ4v) is 2.36. The molecular weight excluding hydrogens is 360 g/mol. The summed E-state index contributed by atoms with van der Waals surface area (Å²) < 4.78 is 20.7. The Kier molecular flexibility index (Phi) is 5.38. The van der Waals surface area contributed by atoms with Crippen molar-refractivity contribution in [2.24, 2.45) is 0 Å². The van der Waals surface area contributed by atoms with Gasteiger partial charge in [0.2, 0.25) is 5.82 Å². The number of esters is 1. The number of aromatic nitrogens is 2. The number of hydrogen-bond donors (Lipinski definition) is 0. The summed E-state index contributed by atoms with van der Waals surface area (Å²) in [6.07, 6.45) is 0. The molecule has 2 aromatic carbocycles. The molecule has 0 saturated heterocycles. The van der Waals surface area contributed by atoms with Crippen molar-refractivity contribution in [3.05, 3.63) is 58.9 Å². The minimum Gasteiger partial charge on any atom is -0.497 e. The summed E-state index contributed by atoms with van der Waals surface area (Å²) in [4.78, 5) is 16.1. The van der Waals surface area contributed by atoms with Gasteiger partial charge in [0.1, 0.15) is 17.1 Å². The summed E-state index contributed by atoms with van der Waals surface area (Å²) in [5.74, 6) is 1.16. The van der Waals surface area contributed by atoms with Crippen LogP contribution < -0.4 is 9.47 Å². The molecule has 3 rings (SSSR count). The number of carbonyl (C=O) groups excluding carboxylic acids is 1. The lowest BCUT2D eigenvalue weighted by Crippen LogP contribution is -2.06. The van der Waals surface area contributed by atoms with Crippen LogP contribution in [0.3, 0.4) is 0 Å². The average Bonchev–Trinajstić information content (AvgIpc) is 3.15. The van der Waals surface area contributed by atoms with E-state index in [9.17, 15) is 4.79 Å². The van der Waals surface area contributed by atoms with Gasteiger partial charge < -0.3 is 18.7 Å². The Bertz CT molecular complexity index is 908. The number of benzene rings is 2. The lowest BCUT2D eigenvalue weighted by molar-refractivity contribution is 0.0595. The Morgan fingerprint density at radius 1 is 1.15 bits per heavy atom. The molecule has 0 N–H and O–H groups in total. The highest BCUT2D eigenvalue weighted by Crippen LogP contribution is 2.25. The van der Waals surface area contributed by atoms with Crippen LogP contribution in [0, 0.1) is 0 Å². The number of nitrogens with zero attached hydrogens (tertiary/aromatic N) is 2. The van der Waals surface area contributed by atoms with E-state index in [-0.39, 0.29) is 17.9 Å². The number of hydrogen-bond acceptors (Lipinski definition) is 7. The van der Waals surface area contributed by atoms with Crippen LogP contribution >= 0.6 is 11.6 Å². The minimum atomic E-state index is -0.524. The quantitative estimate of drug-likeness (QED) is 0.607. The van der Waals surface area contributed by atoms with E-state index < -0.39 is 5.97 Å². The molecule has 134 valence electrons. The number of rotatable bonds is 6. The molecule has 0 saturated carbocycles. The molecule has 0 aliphatic rings. The molecule has 0 fully saturated rings. The maximum atomic E-state index is 11.8. The fraction of sp³-hybridized carbons (Fsp3) is 0.167. The number of ether oxygens (including phenoxy) is 3. The Morgan fingerprint density at radius 3 is 2.62 bits per heavy atom. The van der Waals surface area contributed by atoms with Crippen LogP contribution in [0.25, 0.3) is 11.5 Å². The zero-order chi connectivity index (χ0) is 18.5. The van der Waals surface area contributed by atoms with Gasteiger partial charge in [-0.2, -0.15) is 4.98 Å². The molecule has 0 atom stereocenters. The summed E-state index contributed by atoms with van der Waals surface area (Å²) in [5, 5.41) is 4.31. The van der Waals surface area contributed by atoms with E-state index in [1.54, 1.807) is 25.3 Å². The third kappa shape index (κ3) is 3.94. The Balaban J connectivity index is 1.74. The van der Waals surface area contributed by atoms with Crippen molar-refractivity contribution in [2.45, 2.75) is 6.61 Å². The van der Waals surface area contributed by atoms with Gasteiger partial charge in [-0.1, -0.05) is 16.8 Å². The van der Waals surface area contributed by atoms with Crippen molar-refractivity contribution in [1.29, 1.82) is 0 Å². The summed E-state index contributed by atoms with van der Waals surface area (Å²) >= 11 is 5.96. The van der Waals surface area contributed by atoms with Crippen molar-refractivity contribution in [2.75, 3.05) is 14.2 Å². The molecule has 1 aromatic heterocycles. The Labute approximate surface area is 154 Å². The Morgan fingerprint density at radius 2 is 1.92 bits per heavy atom. The number of carbonyl (C=O) groups is 1. The standard InChI is InChI=1S/C18H15ClN2O5/c1-23-13-6-3-11(4-7-13)17-20-16(21-26-17)10-25-15-9-12(19)5-8-14(15)18(22)24-2/h3-9H,10H2,1-2H3. The van der Waals surface area contributed by atoms with Crippen LogP contribution in [-0.2, 0) is 11.3 Å². The summed E-state index contributed by atoms with van der Waals surface area (Å²) in [5.41, 5.74) is 1.01. The normalized spacial score (nSPS) is 10.4. The van der Waals surface area contributed by atoms with Gasteiger partial charge in [0, 0.05) is 10.6 Å². The summed E-state index contributed by atoms with van der Waals surface area (Å²) in [6, 6.07) is 11.8. The first kappa shape index (κ1) is 17.8. The SMILES string of the molecule is COC(=O)c1ccc(Cl)cc1OCc1noc(-c2ccc(OC)cc2)n1. The highest BCUT2D eigenvalue weighted by atomic mass is 35.5. The zero-order valence-corrected chi connectivity index (χ0v) is 14.8. The van der Waals surface area contributed by atoms with E-state index >= 15 is 0 Å². The molecule has 0 aliphatic heterocycles. The number of methoxy groups -OCH3 is 2. The van der Waals surface area contributed by atoms with Crippen LogP contribution in [0.2, 0.25) is 5.02 Å². The van der Waals surface area contributed by atoms with Gasteiger partial charge >= 0.3 is 5.97 Å². The molecule has 26 heavy (non-hydrogen) atoms. The average molecular weight is 375 g/mol. The van der Waals surface area contributed by atoms with Gasteiger partial charge in [-0.25, -0.2) is 4.79 Å². The molecular formula is C18H15ClN2O5. The second-order valence-corrected chi connectivity index (χ2v) is 5.60. The topological polar surface area (TPSA) is 83.7 Å². The van der Waals surface area contributed by atoms with Gasteiger partial charge in [0.25, 0.3) is 5.89 Å². The monoisotopic (exact) mass is 374 g/mol. The molecule has 0 unspecified atom stereocenters. The predicted molar refractivity (Wildman–Crippen MR) is 93.4 cm³/mol. The van der Waals surface area contributed by atoms with Gasteiger partial charge in [-0.3, -0.25) is 0 Å². The van der Waals surface area contributed by atoms with Crippen LogP contribution in [0.1, 0.15) is 16.2 Å². The van der Waals surface area contributed by atoms with Gasteiger partial charge in [-0.15, -0.1) is 0 Å². The molecule has 3 aromatic rings. The van der Waals surface area contributed by atoms with E-state index in [1.807, 2.05) is 12.1 Å². The lowest BCUT2D eigenvalue weighted by Gasteiger charge is -2.09. The summed E-state index contributed by atoms with van der Waals surface area (Å²) in [7, 11) is 2.89. The van der Waals surface area contributed by atoms with Crippen molar-refractivity contribution < 1.29 is 23.5 Å². The molecule has 0 amide bonds. The molecule has 0 radical (unpaired) electrons. The second-order valence-electron chi connectivity index (χ2n) is 5.16. The number of halogens is 1. The van der Waals surface area contributed by atoms with Crippen LogP contribution in [0.4, 0.5) is 0 Å². The van der Waals surface area contributed by atoms with Crippen LogP contribution in [0.15, 0.2) is 47.0 Å². The second kappa shape index (κ2) is 7.88. The van der Waals surface area contributed by atoms with E-state index in [2.05, 4.69) is 10.1 Å². The molecule has 0 aliphatic carbocycles. The van der Waals surface area contributed by atoms with Gasteiger partial charge in [0.05, 0.1) is 14.2 Å². The van der Waals surface area contributed by atoms with Crippen molar-refractivity contribution >= 4 is 17.6 Å². The third-order valence-electron chi connectivity index (χ3n) is 3.51. The smallest absolute Gasteiger partial charge is 0.341 e. The van der Waals surface area contributed by atoms with E-state index in [0.717, 1.165) is 11.3 Å². The first-order chi connectivity index (χ1) is 12.6. The van der Waals surface area contributed by atoms with E-state index in [1.165, 1.54) is 19.2 Å². The fourth-order valence-electron chi connectivity index (χ4n) is 2.20. The van der Waals surface area contributed by atoms with Crippen molar-refractivity contribution in [1.82, 2.24) is 10.1 Å². The highest BCUT2D eigenvalue weighted by molar-refractivity contribution is 6.30. The van der Waals surface area contributed by atoms with E-state index in [0.29, 0.717) is 16.7 Å². The summed E-state index contributed by atoms with van der Waals surface area (Å²) in [6.45, 7) is 0.00396. The van der Waals surface area contributed by atoms with Crippen molar-refractivity contribution in [3.8, 4) is 23.0 Å². The molecule has 0 spiro atoms. The maximum Gasteiger partial charge on any atom is 0.341 e. The van der Waals surface area contributed by atoms with Crippen LogP contribution in [0.5, 0.6) is 11.5 Å². The Hall–Kier alpha value is -3.06. The van der Waals surface area contributed by atoms with Gasteiger partial charge in [0.15, 0.2) is 6.61 Å². The van der Waals surface area contributed by atoms with E-state index in [4.69, 9.17) is 30.3 Å². The van der Waals surface area contributed by atoms with Crippen molar-refractivity contribution in [3.63, 3.8) is 0 Å². The molecule has 1 heterocycles. The zero-order valence-electron chi connectivity index (χ0n) is 14.1. The van der Waals surface area contributed by atoms with Gasteiger partial charge in [-0.05, 0) is 42.5 Å². The highest BCUT2D eigenvalue weighted by Gasteiger charge is 2.15. The first-order valence-corrected chi connectivity index (χ1v) is 7.96. The third-order valence-corrected chi connectivity index (χ3v) is 3.75. The minimum absolute atomic E-state index is 0.00396. The van der Waals surface area contributed by atoms with Crippen LogP contribution in [-0.4, -0.2) is 30.3 Å². The lowest BCUT2D eigenvalue weighted by atomic mass is 10.2. The maximum absolute atomic E-state index is 11.8. The first-order valence-electron chi connectivity index (χ1n) is 7.58. The molecule has 0 bridgehead atoms. The predicted octanol–water partition coefficient (Wildman–Crippen LogP) is 3.76. The molecule has 8 heteroatoms. The molecule has 7 nitrogen and oxygen atoms in total.